The number of fused-ring (bicyclic) bond motifs is 3. The van der Waals surface area contributed by atoms with Gasteiger partial charge < -0.3 is 0 Å². The molecule has 0 heterocycles. The highest BCUT2D eigenvalue weighted by Crippen LogP contribution is 2.43. The van der Waals surface area contributed by atoms with E-state index in [1.807, 2.05) is 0 Å². The molecule has 3 rings (SSSR count). The smallest absolute Gasteiger partial charge is 0.0191 e. The number of allylic oxidation sites excluding steroid dienone is 5. The Kier molecular flexibility index (Phi) is 2.14. The fourth-order valence-electron chi connectivity index (χ4n) is 2.36. The number of hydrogen-bond donors (Lipinski definition) is 0. The topological polar surface area (TPSA) is 0 Å². The highest BCUT2D eigenvalue weighted by Gasteiger charge is 2.27. The SMILES string of the molecule is BrC1=Cc2ccccc2C2C=CC=CC12. The van der Waals surface area contributed by atoms with E-state index < -0.39 is 0 Å². The van der Waals surface area contributed by atoms with Gasteiger partial charge in [-0.15, -0.1) is 0 Å². The minimum Gasteiger partial charge on any atom is -0.0761 e. The lowest BCUT2D eigenvalue weighted by Crippen LogP contribution is -2.15. The Morgan fingerprint density at radius 3 is 2.53 bits per heavy atom. The van der Waals surface area contributed by atoms with Crippen molar-refractivity contribution in [2.24, 2.45) is 5.92 Å². The number of benzene rings is 1. The quantitative estimate of drug-likeness (QED) is 0.653. The van der Waals surface area contributed by atoms with Crippen LogP contribution in [-0.4, -0.2) is 0 Å². The normalized spacial score (nSPS) is 26.9. The summed E-state index contributed by atoms with van der Waals surface area (Å²) in [6, 6.07) is 8.62. The lowest BCUT2D eigenvalue weighted by molar-refractivity contribution is 0.685. The molecular weight excluding hydrogens is 248 g/mol. The first-order valence-corrected chi connectivity index (χ1v) is 5.96. The number of halogens is 1. The maximum Gasteiger partial charge on any atom is 0.0191 e. The second-order valence-corrected chi connectivity index (χ2v) is 4.90. The zero-order valence-corrected chi connectivity index (χ0v) is 9.81. The van der Waals surface area contributed by atoms with Gasteiger partial charge in [-0.3, -0.25) is 0 Å². The van der Waals surface area contributed by atoms with Crippen LogP contribution in [0.1, 0.15) is 17.0 Å². The second kappa shape index (κ2) is 3.49. The number of rotatable bonds is 0. The molecule has 2 aliphatic rings. The van der Waals surface area contributed by atoms with Gasteiger partial charge in [-0.25, -0.2) is 0 Å². The van der Waals surface area contributed by atoms with Crippen molar-refractivity contribution < 1.29 is 0 Å². The van der Waals surface area contributed by atoms with Crippen molar-refractivity contribution in [2.45, 2.75) is 5.92 Å². The van der Waals surface area contributed by atoms with Crippen LogP contribution < -0.4 is 0 Å². The predicted molar refractivity (Wildman–Crippen MR) is 67.9 cm³/mol. The van der Waals surface area contributed by atoms with E-state index in [0.29, 0.717) is 11.8 Å². The molecule has 1 aromatic rings. The molecule has 0 aliphatic heterocycles. The van der Waals surface area contributed by atoms with Gasteiger partial charge in [0, 0.05) is 16.3 Å². The lowest BCUT2D eigenvalue weighted by Gasteiger charge is -2.29. The van der Waals surface area contributed by atoms with Gasteiger partial charge in [0.05, 0.1) is 0 Å². The van der Waals surface area contributed by atoms with E-state index in [1.54, 1.807) is 0 Å². The molecule has 0 fully saturated rings. The van der Waals surface area contributed by atoms with Gasteiger partial charge in [-0.2, -0.15) is 0 Å². The van der Waals surface area contributed by atoms with Crippen molar-refractivity contribution >= 4 is 22.0 Å². The van der Waals surface area contributed by atoms with E-state index in [-0.39, 0.29) is 0 Å². The Morgan fingerprint density at radius 1 is 0.933 bits per heavy atom. The molecule has 0 saturated heterocycles. The van der Waals surface area contributed by atoms with E-state index in [9.17, 15) is 0 Å². The first-order chi connectivity index (χ1) is 7.36. The molecule has 0 spiro atoms. The molecule has 2 aliphatic carbocycles. The van der Waals surface area contributed by atoms with E-state index in [2.05, 4.69) is 70.6 Å². The van der Waals surface area contributed by atoms with Crippen LogP contribution >= 0.6 is 15.9 Å². The minimum atomic E-state index is 0.491. The summed E-state index contributed by atoms with van der Waals surface area (Å²) in [7, 11) is 0. The fourth-order valence-corrected chi connectivity index (χ4v) is 3.04. The molecule has 74 valence electrons. The van der Waals surface area contributed by atoms with Crippen LogP contribution in [0.4, 0.5) is 0 Å². The monoisotopic (exact) mass is 258 g/mol. The number of hydrogen-bond acceptors (Lipinski definition) is 0. The molecule has 15 heavy (non-hydrogen) atoms. The molecular formula is C14H11Br. The highest BCUT2D eigenvalue weighted by atomic mass is 79.9. The van der Waals surface area contributed by atoms with E-state index >= 15 is 0 Å². The van der Waals surface area contributed by atoms with Crippen LogP contribution in [0.15, 0.2) is 53.1 Å². The van der Waals surface area contributed by atoms with Crippen molar-refractivity contribution in [3.05, 3.63) is 64.2 Å². The second-order valence-electron chi connectivity index (χ2n) is 3.98. The maximum absolute atomic E-state index is 3.68. The summed E-state index contributed by atoms with van der Waals surface area (Å²) in [6.45, 7) is 0. The van der Waals surface area contributed by atoms with Gasteiger partial charge >= 0.3 is 0 Å². The zero-order valence-electron chi connectivity index (χ0n) is 8.23. The van der Waals surface area contributed by atoms with Crippen molar-refractivity contribution in [3.63, 3.8) is 0 Å². The summed E-state index contributed by atoms with van der Waals surface area (Å²) >= 11 is 3.68. The van der Waals surface area contributed by atoms with Crippen molar-refractivity contribution in [1.29, 1.82) is 0 Å². The summed E-state index contributed by atoms with van der Waals surface area (Å²) in [6.07, 6.45) is 11.1. The first kappa shape index (κ1) is 9.17. The van der Waals surface area contributed by atoms with Crippen LogP contribution in [0, 0.1) is 5.92 Å². The van der Waals surface area contributed by atoms with Crippen molar-refractivity contribution in [3.8, 4) is 0 Å². The molecule has 0 radical (unpaired) electrons. The van der Waals surface area contributed by atoms with E-state index in [4.69, 9.17) is 0 Å². The average molecular weight is 259 g/mol. The summed E-state index contributed by atoms with van der Waals surface area (Å²) in [4.78, 5) is 0. The van der Waals surface area contributed by atoms with Crippen molar-refractivity contribution in [2.75, 3.05) is 0 Å². The van der Waals surface area contributed by atoms with Crippen LogP contribution in [0.3, 0.4) is 0 Å². The fraction of sp³-hybridized carbons (Fsp3) is 0.143. The Morgan fingerprint density at radius 2 is 1.67 bits per heavy atom. The Labute approximate surface area is 98.1 Å². The van der Waals surface area contributed by atoms with Gasteiger partial charge in [0.15, 0.2) is 0 Å². The largest absolute Gasteiger partial charge is 0.0761 e. The van der Waals surface area contributed by atoms with Gasteiger partial charge in [0.1, 0.15) is 0 Å². The molecule has 0 saturated carbocycles. The molecule has 1 heteroatoms. The third kappa shape index (κ3) is 1.42. The van der Waals surface area contributed by atoms with Crippen LogP contribution in [-0.2, 0) is 0 Å². The standard InChI is InChI=1S/C14H11Br/c15-14-9-10-5-1-2-6-11(10)12-7-3-4-8-13(12)14/h1-9,12-13H. The Balaban J connectivity index is 2.20. The van der Waals surface area contributed by atoms with Gasteiger partial charge in [-0.1, -0.05) is 64.5 Å². The molecule has 0 amide bonds. The summed E-state index contributed by atoms with van der Waals surface area (Å²) in [5.41, 5.74) is 2.77. The average Bonchev–Trinajstić information content (AvgIpc) is 2.30. The van der Waals surface area contributed by atoms with E-state index in [0.717, 1.165) is 0 Å². The van der Waals surface area contributed by atoms with Crippen molar-refractivity contribution in [1.82, 2.24) is 0 Å². The van der Waals surface area contributed by atoms with Gasteiger partial charge in [0.2, 0.25) is 0 Å². The highest BCUT2D eigenvalue weighted by molar-refractivity contribution is 9.11. The van der Waals surface area contributed by atoms with Crippen LogP contribution in [0.25, 0.3) is 6.08 Å². The maximum atomic E-state index is 3.68. The molecule has 0 nitrogen and oxygen atoms in total. The molecule has 0 bridgehead atoms. The van der Waals surface area contributed by atoms with Crippen LogP contribution in [0.5, 0.6) is 0 Å². The van der Waals surface area contributed by atoms with Gasteiger partial charge in [0.25, 0.3) is 0 Å². The zero-order chi connectivity index (χ0) is 10.3. The predicted octanol–water partition coefficient (Wildman–Crippen LogP) is 4.26. The minimum absolute atomic E-state index is 0.491. The molecule has 2 unspecified atom stereocenters. The molecule has 0 N–H and O–H groups in total. The Bertz CT molecular complexity index is 480. The molecule has 0 aromatic heterocycles. The van der Waals surface area contributed by atoms with Gasteiger partial charge in [-0.05, 0) is 17.2 Å². The third-order valence-corrected chi connectivity index (χ3v) is 3.86. The summed E-state index contributed by atoms with van der Waals surface area (Å²) in [5, 5.41) is 0. The summed E-state index contributed by atoms with van der Waals surface area (Å²) < 4.78 is 1.28. The lowest BCUT2D eigenvalue weighted by atomic mass is 9.77. The molecule has 2 atom stereocenters. The molecule has 1 aromatic carbocycles. The van der Waals surface area contributed by atoms with E-state index in [1.165, 1.54) is 15.6 Å². The first-order valence-electron chi connectivity index (χ1n) is 5.17. The van der Waals surface area contributed by atoms with Crippen LogP contribution in [0.2, 0.25) is 0 Å². The Hall–Kier alpha value is -1.08. The summed E-state index contributed by atoms with van der Waals surface area (Å²) in [5.74, 6) is 0.996. The third-order valence-electron chi connectivity index (χ3n) is 3.10.